The van der Waals surface area contributed by atoms with E-state index in [1.807, 2.05) is 0 Å². The fourth-order valence-corrected chi connectivity index (χ4v) is 1.67. The second-order valence-corrected chi connectivity index (χ2v) is 4.15. The third-order valence-corrected chi connectivity index (χ3v) is 2.77. The second kappa shape index (κ2) is 5.49. The zero-order valence-electron chi connectivity index (χ0n) is 9.67. The van der Waals surface area contributed by atoms with Crippen LogP contribution in [0.2, 0.25) is 5.02 Å². The van der Waals surface area contributed by atoms with Gasteiger partial charge in [0.15, 0.2) is 0 Å². The monoisotopic (exact) mass is 276 g/mol. The van der Waals surface area contributed by atoms with Crippen LogP contribution in [0.5, 0.6) is 0 Å². The molecule has 6 heteroatoms. The van der Waals surface area contributed by atoms with Crippen molar-refractivity contribution in [2.45, 2.75) is 0 Å². The molecule has 0 aliphatic heterocycles. The number of carbonyl (C=O) groups is 1. The van der Waals surface area contributed by atoms with Gasteiger partial charge in [0.1, 0.15) is 0 Å². The SMILES string of the molecule is O=C(Nc1cc([N+](=O)[O-])ccc1Cl)c1ccccc1. The molecule has 19 heavy (non-hydrogen) atoms. The lowest BCUT2D eigenvalue weighted by molar-refractivity contribution is -0.384. The molecule has 0 unspecified atom stereocenters. The maximum absolute atomic E-state index is 11.9. The topological polar surface area (TPSA) is 72.2 Å². The van der Waals surface area contributed by atoms with E-state index in [1.165, 1.54) is 18.2 Å². The minimum Gasteiger partial charge on any atom is -0.320 e. The van der Waals surface area contributed by atoms with Crippen molar-refractivity contribution in [3.8, 4) is 0 Å². The average Bonchev–Trinajstić information content (AvgIpc) is 2.42. The van der Waals surface area contributed by atoms with E-state index in [-0.39, 0.29) is 22.3 Å². The molecule has 2 rings (SSSR count). The quantitative estimate of drug-likeness (QED) is 0.689. The summed E-state index contributed by atoms with van der Waals surface area (Å²) in [5.74, 6) is -0.372. The van der Waals surface area contributed by atoms with Crippen molar-refractivity contribution in [2.75, 3.05) is 5.32 Å². The highest BCUT2D eigenvalue weighted by molar-refractivity contribution is 6.34. The summed E-state index contributed by atoms with van der Waals surface area (Å²) in [4.78, 5) is 22.0. The molecule has 0 radical (unpaired) electrons. The lowest BCUT2D eigenvalue weighted by Gasteiger charge is -2.06. The molecule has 2 aromatic carbocycles. The Bertz CT molecular complexity index is 629. The maximum atomic E-state index is 11.9. The predicted octanol–water partition coefficient (Wildman–Crippen LogP) is 3.50. The predicted molar refractivity (Wildman–Crippen MR) is 72.5 cm³/mol. The van der Waals surface area contributed by atoms with E-state index in [0.29, 0.717) is 5.56 Å². The third-order valence-electron chi connectivity index (χ3n) is 2.44. The highest BCUT2D eigenvalue weighted by Crippen LogP contribution is 2.27. The third kappa shape index (κ3) is 3.08. The standard InChI is InChI=1S/C13H9ClN2O3/c14-11-7-6-10(16(18)19)8-12(11)15-13(17)9-4-2-1-3-5-9/h1-8H,(H,15,17). The van der Waals surface area contributed by atoms with Gasteiger partial charge in [0, 0.05) is 17.7 Å². The molecule has 2 aromatic rings. The van der Waals surface area contributed by atoms with Crippen LogP contribution in [0.4, 0.5) is 11.4 Å². The van der Waals surface area contributed by atoms with Gasteiger partial charge in [0.25, 0.3) is 11.6 Å². The number of nitrogens with zero attached hydrogens (tertiary/aromatic N) is 1. The number of anilines is 1. The summed E-state index contributed by atoms with van der Waals surface area (Å²) >= 11 is 5.90. The first-order valence-corrected chi connectivity index (χ1v) is 5.76. The van der Waals surface area contributed by atoms with Gasteiger partial charge in [-0.2, -0.15) is 0 Å². The van der Waals surface area contributed by atoms with Crippen molar-refractivity contribution < 1.29 is 9.72 Å². The number of rotatable bonds is 3. The summed E-state index contributed by atoms with van der Waals surface area (Å²) in [5, 5.41) is 13.5. The minimum absolute atomic E-state index is 0.132. The minimum atomic E-state index is -0.547. The second-order valence-electron chi connectivity index (χ2n) is 3.74. The van der Waals surface area contributed by atoms with Gasteiger partial charge in [-0.3, -0.25) is 14.9 Å². The van der Waals surface area contributed by atoms with Crippen molar-refractivity contribution in [2.24, 2.45) is 0 Å². The molecule has 0 atom stereocenters. The van der Waals surface area contributed by atoms with Crippen LogP contribution in [-0.2, 0) is 0 Å². The molecule has 0 saturated carbocycles. The smallest absolute Gasteiger partial charge is 0.271 e. The molecule has 0 aliphatic rings. The van der Waals surface area contributed by atoms with Gasteiger partial charge in [0.2, 0.25) is 0 Å². The normalized spacial score (nSPS) is 9.95. The lowest BCUT2D eigenvalue weighted by atomic mass is 10.2. The van der Waals surface area contributed by atoms with Crippen molar-refractivity contribution in [1.29, 1.82) is 0 Å². The summed E-state index contributed by atoms with van der Waals surface area (Å²) in [6.45, 7) is 0. The fraction of sp³-hybridized carbons (Fsp3) is 0. The van der Waals surface area contributed by atoms with E-state index >= 15 is 0 Å². The zero-order valence-corrected chi connectivity index (χ0v) is 10.4. The van der Waals surface area contributed by atoms with Crippen LogP contribution in [-0.4, -0.2) is 10.8 Å². The Labute approximate surface area is 114 Å². The first-order chi connectivity index (χ1) is 9.08. The number of carbonyl (C=O) groups excluding carboxylic acids is 1. The highest BCUT2D eigenvalue weighted by atomic mass is 35.5. The van der Waals surface area contributed by atoms with Crippen LogP contribution < -0.4 is 5.32 Å². The number of nitrogens with one attached hydrogen (secondary N) is 1. The fourth-order valence-electron chi connectivity index (χ4n) is 1.51. The number of non-ortho nitro benzene ring substituents is 1. The van der Waals surface area contributed by atoms with Gasteiger partial charge in [0.05, 0.1) is 15.6 Å². The number of hydrogen-bond acceptors (Lipinski definition) is 3. The molecule has 0 bridgehead atoms. The van der Waals surface area contributed by atoms with E-state index in [0.717, 1.165) is 0 Å². The van der Waals surface area contributed by atoms with Crippen LogP contribution in [0.25, 0.3) is 0 Å². The highest BCUT2D eigenvalue weighted by Gasteiger charge is 2.12. The van der Waals surface area contributed by atoms with Gasteiger partial charge < -0.3 is 5.32 Å². The molecule has 0 heterocycles. The number of halogens is 1. The van der Waals surface area contributed by atoms with Crippen LogP contribution in [0, 0.1) is 10.1 Å². The summed E-state index contributed by atoms with van der Waals surface area (Å²) in [7, 11) is 0. The summed E-state index contributed by atoms with van der Waals surface area (Å²) in [5.41, 5.74) is 0.530. The van der Waals surface area contributed by atoms with E-state index < -0.39 is 4.92 Å². The largest absolute Gasteiger partial charge is 0.320 e. The molecular weight excluding hydrogens is 268 g/mol. The van der Waals surface area contributed by atoms with Crippen molar-refractivity contribution in [3.05, 3.63) is 69.2 Å². The molecule has 0 aliphatic carbocycles. The van der Waals surface area contributed by atoms with E-state index in [4.69, 9.17) is 11.6 Å². The number of nitro benzene ring substituents is 1. The molecule has 1 N–H and O–H groups in total. The van der Waals surface area contributed by atoms with Crippen molar-refractivity contribution in [3.63, 3.8) is 0 Å². The van der Waals surface area contributed by atoms with Gasteiger partial charge in [-0.05, 0) is 18.2 Å². The first kappa shape index (κ1) is 13.0. The van der Waals surface area contributed by atoms with Crippen molar-refractivity contribution >= 4 is 28.9 Å². The number of benzene rings is 2. The first-order valence-electron chi connectivity index (χ1n) is 5.38. The Balaban J connectivity index is 2.26. The molecular formula is C13H9ClN2O3. The molecule has 1 amide bonds. The Morgan fingerprint density at radius 2 is 1.84 bits per heavy atom. The molecule has 5 nitrogen and oxygen atoms in total. The maximum Gasteiger partial charge on any atom is 0.271 e. The number of hydrogen-bond donors (Lipinski definition) is 1. The lowest BCUT2D eigenvalue weighted by Crippen LogP contribution is -2.12. The molecule has 0 aromatic heterocycles. The molecule has 96 valence electrons. The summed E-state index contributed by atoms with van der Waals surface area (Å²) < 4.78 is 0. The average molecular weight is 277 g/mol. The Hall–Kier alpha value is -2.40. The van der Waals surface area contributed by atoms with Gasteiger partial charge in [-0.1, -0.05) is 29.8 Å². The molecule has 0 spiro atoms. The van der Waals surface area contributed by atoms with Crippen LogP contribution in [0.1, 0.15) is 10.4 Å². The summed E-state index contributed by atoms with van der Waals surface area (Å²) in [6.07, 6.45) is 0. The number of nitro groups is 1. The van der Waals surface area contributed by atoms with Crippen LogP contribution in [0.3, 0.4) is 0 Å². The van der Waals surface area contributed by atoms with Gasteiger partial charge in [-0.15, -0.1) is 0 Å². The number of amides is 1. The van der Waals surface area contributed by atoms with Crippen LogP contribution in [0.15, 0.2) is 48.5 Å². The van der Waals surface area contributed by atoms with E-state index in [1.54, 1.807) is 30.3 Å². The Kier molecular flexibility index (Phi) is 3.77. The molecule has 0 fully saturated rings. The Morgan fingerprint density at radius 1 is 1.16 bits per heavy atom. The zero-order chi connectivity index (χ0) is 13.8. The van der Waals surface area contributed by atoms with Gasteiger partial charge in [-0.25, -0.2) is 0 Å². The van der Waals surface area contributed by atoms with Crippen LogP contribution >= 0.6 is 11.6 Å². The van der Waals surface area contributed by atoms with E-state index in [9.17, 15) is 14.9 Å². The molecule has 0 saturated heterocycles. The Morgan fingerprint density at radius 3 is 2.47 bits per heavy atom. The van der Waals surface area contributed by atoms with Crippen molar-refractivity contribution in [1.82, 2.24) is 0 Å². The summed E-state index contributed by atoms with van der Waals surface area (Å²) in [6, 6.07) is 12.4. The van der Waals surface area contributed by atoms with E-state index in [2.05, 4.69) is 5.32 Å². The van der Waals surface area contributed by atoms with Gasteiger partial charge >= 0.3 is 0 Å².